The molecule has 0 bridgehead atoms. The monoisotopic (exact) mass is 406 g/mol. The van der Waals surface area contributed by atoms with E-state index in [1.54, 1.807) is 0 Å². The molecule has 0 amide bonds. The van der Waals surface area contributed by atoms with Crippen LogP contribution in [0.4, 0.5) is 0 Å². The fraction of sp³-hybridized carbons (Fsp3) is 0.450. The van der Waals surface area contributed by atoms with Crippen LogP contribution < -0.4 is 10.3 Å². The predicted molar refractivity (Wildman–Crippen MR) is 109 cm³/mol. The summed E-state index contributed by atoms with van der Waals surface area (Å²) in [7, 11) is -1.22. The van der Waals surface area contributed by atoms with Crippen molar-refractivity contribution in [1.29, 1.82) is 0 Å². The van der Waals surface area contributed by atoms with Gasteiger partial charge < -0.3 is 14.6 Å². The van der Waals surface area contributed by atoms with E-state index in [0.29, 0.717) is 5.82 Å². The van der Waals surface area contributed by atoms with Crippen molar-refractivity contribution < 1.29 is 19.4 Å². The molecule has 2 unspecified atom stereocenters. The minimum atomic E-state index is -1.28. The van der Waals surface area contributed by atoms with Crippen molar-refractivity contribution >= 4 is 16.0 Å². The molecule has 0 aliphatic carbocycles. The number of carboxylic acid groups (broad SMARTS) is 1. The molecule has 0 radical (unpaired) electrons. The maximum Gasteiger partial charge on any atom is 0.358 e. The highest BCUT2D eigenvalue weighted by Gasteiger charge is 2.39. The number of rotatable bonds is 8. The molecule has 1 aromatic heterocycles. The third-order valence-corrected chi connectivity index (χ3v) is 9.04. The lowest BCUT2D eigenvalue weighted by atomic mass is 10.2. The third kappa shape index (κ3) is 3.79. The van der Waals surface area contributed by atoms with Crippen molar-refractivity contribution in [2.45, 2.75) is 39.0 Å². The first-order valence-electron chi connectivity index (χ1n) is 9.30. The van der Waals surface area contributed by atoms with Crippen LogP contribution in [-0.2, 0) is 18.1 Å². The van der Waals surface area contributed by atoms with Gasteiger partial charge in [0.05, 0.1) is 0 Å². The third-order valence-electron chi connectivity index (χ3n) is 5.00. The molecule has 3 rings (SSSR count). The van der Waals surface area contributed by atoms with Gasteiger partial charge in [-0.15, -0.1) is 0 Å². The van der Waals surface area contributed by atoms with E-state index in [4.69, 9.17) is 9.47 Å². The zero-order valence-corrected chi connectivity index (χ0v) is 17.2. The SMILES string of the molecule is CCCS(C)(CC)C1OCn2c1nc(C(=O)O)c(OCc1ccccc1)c2=O. The second-order valence-corrected chi connectivity index (χ2v) is 11.0. The first-order valence-corrected chi connectivity index (χ1v) is 11.7. The molecule has 1 aromatic carbocycles. The molecule has 2 atom stereocenters. The van der Waals surface area contributed by atoms with Crippen molar-refractivity contribution in [3.05, 3.63) is 57.8 Å². The van der Waals surface area contributed by atoms with Crippen LogP contribution in [0, 0.1) is 0 Å². The largest absolute Gasteiger partial charge is 0.481 e. The summed E-state index contributed by atoms with van der Waals surface area (Å²) >= 11 is 0. The molecular formula is C20H26N2O5S. The summed E-state index contributed by atoms with van der Waals surface area (Å²) in [6.45, 7) is 4.37. The van der Waals surface area contributed by atoms with Gasteiger partial charge in [-0.25, -0.2) is 19.8 Å². The van der Waals surface area contributed by atoms with Crippen LogP contribution in [0.1, 0.15) is 47.6 Å². The van der Waals surface area contributed by atoms with Gasteiger partial charge in [0.15, 0.2) is 11.5 Å². The fourth-order valence-corrected chi connectivity index (χ4v) is 6.18. The van der Waals surface area contributed by atoms with Crippen LogP contribution in [0.15, 0.2) is 35.1 Å². The first-order chi connectivity index (χ1) is 13.4. The molecule has 2 heterocycles. The molecule has 2 aromatic rings. The van der Waals surface area contributed by atoms with E-state index in [1.807, 2.05) is 30.3 Å². The average molecular weight is 407 g/mol. The van der Waals surface area contributed by atoms with Gasteiger partial charge in [-0.3, -0.25) is 9.36 Å². The number of hydrogen-bond acceptors (Lipinski definition) is 5. The van der Waals surface area contributed by atoms with Crippen LogP contribution >= 0.6 is 10.0 Å². The summed E-state index contributed by atoms with van der Waals surface area (Å²) in [5, 5.41) is 9.64. The van der Waals surface area contributed by atoms with Crippen LogP contribution in [0.5, 0.6) is 5.75 Å². The van der Waals surface area contributed by atoms with E-state index in [2.05, 4.69) is 25.1 Å². The molecule has 7 nitrogen and oxygen atoms in total. The fourth-order valence-electron chi connectivity index (χ4n) is 3.37. The van der Waals surface area contributed by atoms with E-state index in [9.17, 15) is 14.7 Å². The molecule has 1 N–H and O–H groups in total. The van der Waals surface area contributed by atoms with Crippen LogP contribution in [0.2, 0.25) is 0 Å². The Kier molecular flexibility index (Phi) is 6.10. The Balaban J connectivity index is 2.01. The summed E-state index contributed by atoms with van der Waals surface area (Å²) < 4.78 is 13.0. The molecule has 0 fully saturated rings. The normalized spacial score (nSPS) is 18.9. The highest BCUT2D eigenvalue weighted by atomic mass is 32.3. The zero-order chi connectivity index (χ0) is 20.3. The highest BCUT2D eigenvalue weighted by Crippen LogP contribution is 2.59. The topological polar surface area (TPSA) is 90.7 Å². The van der Waals surface area contributed by atoms with Gasteiger partial charge in [-0.05, 0) is 29.7 Å². The minimum absolute atomic E-state index is 0.0692. The predicted octanol–water partition coefficient (Wildman–Crippen LogP) is 3.37. The Labute approximate surface area is 165 Å². The van der Waals surface area contributed by atoms with E-state index < -0.39 is 21.6 Å². The van der Waals surface area contributed by atoms with Crippen molar-refractivity contribution in [3.8, 4) is 5.75 Å². The van der Waals surface area contributed by atoms with E-state index in [1.165, 1.54) is 4.57 Å². The Hall–Kier alpha value is -2.32. The average Bonchev–Trinajstić information content (AvgIpc) is 3.13. The number of ether oxygens (including phenoxy) is 2. The van der Waals surface area contributed by atoms with Gasteiger partial charge in [0.25, 0.3) is 5.56 Å². The van der Waals surface area contributed by atoms with Crippen LogP contribution in [0.3, 0.4) is 0 Å². The Morgan fingerprint density at radius 3 is 2.68 bits per heavy atom. The highest BCUT2D eigenvalue weighted by molar-refractivity contribution is 8.33. The van der Waals surface area contributed by atoms with Gasteiger partial charge >= 0.3 is 5.97 Å². The molecule has 152 valence electrons. The van der Waals surface area contributed by atoms with Gasteiger partial charge in [0.2, 0.25) is 5.75 Å². The molecular weight excluding hydrogens is 380 g/mol. The van der Waals surface area contributed by atoms with E-state index in [0.717, 1.165) is 23.5 Å². The number of carbonyl (C=O) groups is 1. The Bertz CT molecular complexity index is 915. The second-order valence-electron chi connectivity index (χ2n) is 6.93. The standard InChI is InChI=1S/C20H26N2O5S/c1-4-11-28(3,5-2)20-17-21-15(19(24)25)16(18(23)22(17)13-27-20)26-12-14-9-7-6-8-10-14/h6-10,20H,4-5,11-13H2,1-3H3,(H,24,25). The Morgan fingerprint density at radius 2 is 2.07 bits per heavy atom. The first kappa shape index (κ1) is 20.4. The van der Waals surface area contributed by atoms with Crippen molar-refractivity contribution in [2.75, 3.05) is 17.8 Å². The smallest absolute Gasteiger partial charge is 0.358 e. The number of fused-ring (bicyclic) bond motifs is 1. The number of aromatic nitrogens is 2. The summed E-state index contributed by atoms with van der Waals surface area (Å²) in [5.74, 6) is 0.766. The molecule has 0 saturated heterocycles. The van der Waals surface area contributed by atoms with Gasteiger partial charge in [0.1, 0.15) is 18.8 Å². The maximum absolute atomic E-state index is 13.0. The number of aromatic carboxylic acids is 1. The second kappa shape index (κ2) is 8.36. The molecule has 0 spiro atoms. The quantitative estimate of drug-likeness (QED) is 0.723. The molecule has 1 aliphatic rings. The van der Waals surface area contributed by atoms with Crippen LogP contribution in [0.25, 0.3) is 0 Å². The summed E-state index contributed by atoms with van der Waals surface area (Å²) in [4.78, 5) is 29.1. The lowest BCUT2D eigenvalue weighted by molar-refractivity contribution is 0.0683. The van der Waals surface area contributed by atoms with Crippen molar-refractivity contribution in [3.63, 3.8) is 0 Å². The summed E-state index contributed by atoms with van der Waals surface area (Å²) in [6, 6.07) is 9.27. The van der Waals surface area contributed by atoms with Gasteiger partial charge in [0, 0.05) is 0 Å². The molecule has 8 heteroatoms. The zero-order valence-electron chi connectivity index (χ0n) is 16.4. The number of nitrogens with zero attached hydrogens (tertiary/aromatic N) is 2. The van der Waals surface area contributed by atoms with Crippen molar-refractivity contribution in [2.24, 2.45) is 0 Å². The van der Waals surface area contributed by atoms with Gasteiger partial charge in [-0.2, -0.15) is 0 Å². The van der Waals surface area contributed by atoms with E-state index >= 15 is 0 Å². The number of hydrogen-bond donors (Lipinski definition) is 1. The Morgan fingerprint density at radius 1 is 1.36 bits per heavy atom. The maximum atomic E-state index is 13.0. The lowest BCUT2D eigenvalue weighted by Gasteiger charge is -2.39. The minimum Gasteiger partial charge on any atom is -0.481 e. The molecule has 1 aliphatic heterocycles. The number of carboxylic acids is 1. The van der Waals surface area contributed by atoms with Crippen LogP contribution in [-0.4, -0.2) is 38.4 Å². The lowest BCUT2D eigenvalue weighted by Crippen LogP contribution is -2.27. The van der Waals surface area contributed by atoms with Gasteiger partial charge in [-0.1, -0.05) is 44.2 Å². The molecule has 0 saturated carbocycles. The number of benzene rings is 1. The molecule has 28 heavy (non-hydrogen) atoms. The summed E-state index contributed by atoms with van der Waals surface area (Å²) in [5.41, 5.74) is -0.359. The van der Waals surface area contributed by atoms with E-state index in [-0.39, 0.29) is 30.2 Å². The summed E-state index contributed by atoms with van der Waals surface area (Å²) in [6.07, 6.45) is 3.16. The van der Waals surface area contributed by atoms with Crippen molar-refractivity contribution in [1.82, 2.24) is 9.55 Å².